The monoisotopic (exact) mass is 285 g/mol. The van der Waals surface area contributed by atoms with Gasteiger partial charge in [0.1, 0.15) is 0 Å². The Morgan fingerprint density at radius 1 is 1.42 bits per heavy atom. The zero-order chi connectivity index (χ0) is 14.0. The van der Waals surface area contributed by atoms with Crippen molar-refractivity contribution in [2.24, 2.45) is 0 Å². The van der Waals surface area contributed by atoms with Gasteiger partial charge in [0, 0.05) is 17.4 Å². The Bertz CT molecular complexity index is 475. The summed E-state index contributed by atoms with van der Waals surface area (Å²) in [7, 11) is 1.92. The summed E-state index contributed by atoms with van der Waals surface area (Å²) in [5.41, 5.74) is 0.226. The molecule has 0 radical (unpaired) electrons. The third kappa shape index (κ3) is 3.15. The first-order valence-electron chi connectivity index (χ1n) is 6.29. The van der Waals surface area contributed by atoms with Crippen LogP contribution in [-0.2, 0) is 0 Å². The molecule has 19 heavy (non-hydrogen) atoms. The third-order valence-corrected chi connectivity index (χ3v) is 4.82. The number of Topliss-reactive ketones (excluding diaryl/α,β-unsaturated/α-hetero) is 1. The van der Waals surface area contributed by atoms with Crippen LogP contribution in [0.5, 0.6) is 0 Å². The number of hydrogen-bond acceptors (Lipinski definition) is 3. The second-order valence-electron chi connectivity index (χ2n) is 4.85. The standard InChI is InChI=1S/C14H17F2NOS/c1-9(17(2)11-5-6-19-8-11)14(18)10-3-4-12(15)13(16)7-10/h3-4,7,9,11H,5-6,8H2,1-2H3. The van der Waals surface area contributed by atoms with Crippen molar-refractivity contribution < 1.29 is 13.6 Å². The Morgan fingerprint density at radius 3 is 2.74 bits per heavy atom. The number of hydrogen-bond donors (Lipinski definition) is 0. The number of ketones is 1. The van der Waals surface area contributed by atoms with E-state index in [1.54, 1.807) is 0 Å². The topological polar surface area (TPSA) is 20.3 Å². The Labute approximate surface area is 116 Å². The van der Waals surface area contributed by atoms with Gasteiger partial charge in [-0.1, -0.05) is 0 Å². The zero-order valence-electron chi connectivity index (χ0n) is 11.0. The quantitative estimate of drug-likeness (QED) is 0.793. The maximum absolute atomic E-state index is 13.2. The first kappa shape index (κ1) is 14.5. The Kier molecular flexibility index (Phi) is 4.58. The zero-order valence-corrected chi connectivity index (χ0v) is 11.8. The van der Waals surface area contributed by atoms with Crippen molar-refractivity contribution >= 4 is 17.5 Å². The third-order valence-electron chi connectivity index (χ3n) is 3.68. The van der Waals surface area contributed by atoms with Crippen molar-refractivity contribution in [2.75, 3.05) is 18.6 Å². The van der Waals surface area contributed by atoms with Crippen molar-refractivity contribution in [3.63, 3.8) is 0 Å². The lowest BCUT2D eigenvalue weighted by Crippen LogP contribution is -2.43. The molecular formula is C14H17F2NOS. The smallest absolute Gasteiger partial charge is 0.179 e. The maximum Gasteiger partial charge on any atom is 0.179 e. The van der Waals surface area contributed by atoms with Crippen molar-refractivity contribution in [3.8, 4) is 0 Å². The summed E-state index contributed by atoms with van der Waals surface area (Å²) in [6.07, 6.45) is 1.07. The molecule has 1 aliphatic heterocycles. The largest absolute Gasteiger partial charge is 0.293 e. The fraction of sp³-hybridized carbons (Fsp3) is 0.500. The molecule has 1 heterocycles. The Hall–Kier alpha value is -0.940. The molecule has 0 aliphatic carbocycles. The molecule has 1 fully saturated rings. The predicted molar refractivity (Wildman–Crippen MR) is 73.6 cm³/mol. The molecule has 0 saturated carbocycles. The summed E-state index contributed by atoms with van der Waals surface area (Å²) in [6.45, 7) is 1.81. The van der Waals surface area contributed by atoms with E-state index in [-0.39, 0.29) is 17.4 Å². The highest BCUT2D eigenvalue weighted by Gasteiger charge is 2.28. The number of thioether (sulfide) groups is 1. The van der Waals surface area contributed by atoms with Gasteiger partial charge >= 0.3 is 0 Å². The number of halogens is 2. The van der Waals surface area contributed by atoms with E-state index in [1.807, 2.05) is 30.6 Å². The molecular weight excluding hydrogens is 268 g/mol. The van der Waals surface area contributed by atoms with E-state index >= 15 is 0 Å². The second kappa shape index (κ2) is 6.01. The Balaban J connectivity index is 2.11. The lowest BCUT2D eigenvalue weighted by Gasteiger charge is -2.29. The predicted octanol–water partition coefficient (Wildman–Crippen LogP) is 2.97. The average Bonchev–Trinajstić information content (AvgIpc) is 2.93. The first-order valence-corrected chi connectivity index (χ1v) is 7.45. The molecule has 0 amide bonds. The van der Waals surface area contributed by atoms with Crippen LogP contribution in [0.25, 0.3) is 0 Å². The van der Waals surface area contributed by atoms with Crippen LogP contribution in [0.4, 0.5) is 8.78 Å². The number of nitrogens with zero attached hydrogens (tertiary/aromatic N) is 1. The van der Waals surface area contributed by atoms with Crippen LogP contribution in [0.3, 0.4) is 0 Å². The highest BCUT2D eigenvalue weighted by atomic mass is 32.2. The SMILES string of the molecule is CC(C(=O)c1ccc(F)c(F)c1)N(C)C1CCSC1. The fourth-order valence-electron chi connectivity index (χ4n) is 2.24. The van der Waals surface area contributed by atoms with Crippen LogP contribution >= 0.6 is 11.8 Å². The van der Waals surface area contributed by atoms with Crippen molar-refractivity contribution in [1.29, 1.82) is 0 Å². The lowest BCUT2D eigenvalue weighted by molar-refractivity contribution is 0.0830. The van der Waals surface area contributed by atoms with E-state index in [4.69, 9.17) is 0 Å². The summed E-state index contributed by atoms with van der Waals surface area (Å²) in [5.74, 6) is 0.0627. The van der Waals surface area contributed by atoms with E-state index in [1.165, 1.54) is 6.07 Å². The van der Waals surface area contributed by atoms with E-state index in [9.17, 15) is 13.6 Å². The average molecular weight is 285 g/mol. The highest BCUT2D eigenvalue weighted by Crippen LogP contribution is 2.24. The molecule has 2 nitrogen and oxygen atoms in total. The molecule has 2 unspecified atom stereocenters. The molecule has 104 valence electrons. The molecule has 0 N–H and O–H groups in total. The second-order valence-corrected chi connectivity index (χ2v) is 6.00. The molecule has 2 atom stereocenters. The van der Waals surface area contributed by atoms with E-state index in [2.05, 4.69) is 0 Å². The van der Waals surface area contributed by atoms with Crippen LogP contribution < -0.4 is 0 Å². The van der Waals surface area contributed by atoms with Crippen LogP contribution in [-0.4, -0.2) is 41.3 Å². The summed E-state index contributed by atoms with van der Waals surface area (Å²) >= 11 is 1.88. The molecule has 0 aromatic heterocycles. The molecule has 1 saturated heterocycles. The summed E-state index contributed by atoms with van der Waals surface area (Å²) < 4.78 is 26.0. The van der Waals surface area contributed by atoms with E-state index in [0.717, 1.165) is 30.1 Å². The van der Waals surface area contributed by atoms with Gasteiger partial charge in [-0.25, -0.2) is 8.78 Å². The minimum Gasteiger partial charge on any atom is -0.293 e. The normalized spacial score (nSPS) is 20.8. The first-order chi connectivity index (χ1) is 9.00. The van der Waals surface area contributed by atoms with Gasteiger partial charge in [0.25, 0.3) is 0 Å². The fourth-order valence-corrected chi connectivity index (χ4v) is 3.51. The minimum atomic E-state index is -0.975. The summed E-state index contributed by atoms with van der Waals surface area (Å²) in [6, 6.07) is 3.38. The van der Waals surface area contributed by atoms with Crippen molar-refractivity contribution in [3.05, 3.63) is 35.4 Å². The van der Waals surface area contributed by atoms with Crippen molar-refractivity contribution in [2.45, 2.75) is 25.4 Å². The van der Waals surface area contributed by atoms with Gasteiger partial charge in [-0.15, -0.1) is 0 Å². The number of carbonyl (C=O) groups excluding carboxylic acids is 1. The van der Waals surface area contributed by atoms with Gasteiger partial charge in [0.15, 0.2) is 17.4 Å². The molecule has 1 aliphatic rings. The van der Waals surface area contributed by atoms with Gasteiger partial charge in [-0.2, -0.15) is 11.8 Å². The molecule has 1 aromatic rings. The molecule has 5 heteroatoms. The summed E-state index contributed by atoms with van der Waals surface area (Å²) in [5, 5.41) is 0. The number of benzene rings is 1. The molecule has 1 aromatic carbocycles. The summed E-state index contributed by atoms with van der Waals surface area (Å²) in [4.78, 5) is 14.3. The minimum absolute atomic E-state index is 0.168. The van der Waals surface area contributed by atoms with Crippen LogP contribution in [0.2, 0.25) is 0 Å². The van der Waals surface area contributed by atoms with Gasteiger partial charge < -0.3 is 0 Å². The molecule has 0 spiro atoms. The van der Waals surface area contributed by atoms with Gasteiger partial charge in [-0.3, -0.25) is 9.69 Å². The number of carbonyl (C=O) groups is 1. The number of likely N-dealkylation sites (N-methyl/N-ethyl adjacent to an activating group) is 1. The number of rotatable bonds is 4. The maximum atomic E-state index is 13.2. The van der Waals surface area contributed by atoms with Gasteiger partial charge in [0.05, 0.1) is 6.04 Å². The van der Waals surface area contributed by atoms with Crippen LogP contribution in [0.15, 0.2) is 18.2 Å². The van der Waals surface area contributed by atoms with Crippen LogP contribution in [0.1, 0.15) is 23.7 Å². The molecule has 2 rings (SSSR count). The lowest BCUT2D eigenvalue weighted by atomic mass is 10.0. The molecule has 0 bridgehead atoms. The van der Waals surface area contributed by atoms with Gasteiger partial charge in [0.2, 0.25) is 0 Å². The Morgan fingerprint density at radius 2 is 2.16 bits per heavy atom. The van der Waals surface area contributed by atoms with Crippen molar-refractivity contribution in [1.82, 2.24) is 4.90 Å². The van der Waals surface area contributed by atoms with E-state index < -0.39 is 11.6 Å². The van der Waals surface area contributed by atoms with E-state index in [0.29, 0.717) is 6.04 Å². The van der Waals surface area contributed by atoms with Gasteiger partial charge in [-0.05, 0) is 44.3 Å². The highest BCUT2D eigenvalue weighted by molar-refractivity contribution is 7.99. The van der Waals surface area contributed by atoms with Crippen LogP contribution in [0, 0.1) is 11.6 Å².